The van der Waals surface area contributed by atoms with E-state index in [4.69, 9.17) is 18.0 Å². The molecule has 2 aliphatic carbocycles. The maximum atomic E-state index is 14.9. The Balaban J connectivity index is 1.03. The molecular weight excluding hydrogens is 752 g/mol. The maximum Gasteiger partial charge on any atom is 0.475 e. The number of hydrogen-bond acceptors (Lipinski definition) is 5. The first kappa shape index (κ1) is 40.1. The smallest absolute Gasteiger partial charge is 0.403 e. The molecule has 8 rings (SSSR count). The van der Waals surface area contributed by atoms with Crippen LogP contribution in [0.1, 0.15) is 80.2 Å². The zero-order valence-corrected chi connectivity index (χ0v) is 35.8. The molecule has 0 saturated heterocycles. The van der Waals surface area contributed by atoms with Crippen molar-refractivity contribution < 1.29 is 22.6 Å². The summed E-state index contributed by atoms with van der Waals surface area (Å²) in [5, 5.41) is 2.40. The van der Waals surface area contributed by atoms with E-state index in [0.29, 0.717) is 6.61 Å². The zero-order valence-electron chi connectivity index (χ0n) is 33.9. The Labute approximate surface area is 346 Å². The predicted molar refractivity (Wildman–Crippen MR) is 238 cm³/mol. The van der Waals surface area contributed by atoms with Crippen molar-refractivity contribution in [1.29, 1.82) is 0 Å². The molecule has 0 heterocycles. The Hall–Kier alpha value is -4.65. The van der Waals surface area contributed by atoms with Gasteiger partial charge in [-0.05, 0) is 77.9 Å². The summed E-state index contributed by atoms with van der Waals surface area (Å²) >= 11 is 0. The SMILES string of the molecule is CCC/C(=C\COP(=O)(OCC1c2ccccc2-c2ccccc21)OCC1c2ccccc2-c2ccccc21)CO[Si](c1ccccc1)c1ccc(C(C)(C)C)cc1. The van der Waals surface area contributed by atoms with Gasteiger partial charge in [-0.3, -0.25) is 13.6 Å². The van der Waals surface area contributed by atoms with Crippen LogP contribution in [0, 0.1) is 0 Å². The van der Waals surface area contributed by atoms with Gasteiger partial charge in [0.05, 0.1) is 26.4 Å². The lowest BCUT2D eigenvalue weighted by Gasteiger charge is -2.23. The summed E-state index contributed by atoms with van der Waals surface area (Å²) in [6.45, 7) is 9.70. The fraction of sp³-hybridized carbons (Fsp3) is 0.255. The molecule has 0 N–H and O–H groups in total. The summed E-state index contributed by atoms with van der Waals surface area (Å²) < 4.78 is 40.9. The minimum Gasteiger partial charge on any atom is -0.403 e. The average Bonchev–Trinajstić information content (AvgIpc) is 3.75. The van der Waals surface area contributed by atoms with E-state index >= 15 is 0 Å². The highest BCUT2D eigenvalue weighted by molar-refractivity contribution is 7.48. The highest BCUT2D eigenvalue weighted by atomic mass is 31.2. The van der Waals surface area contributed by atoms with Crippen LogP contribution < -0.4 is 10.4 Å². The summed E-state index contributed by atoms with van der Waals surface area (Å²) in [6, 6.07) is 52.9. The molecule has 0 aliphatic heterocycles. The van der Waals surface area contributed by atoms with Crippen LogP contribution in [-0.2, 0) is 28.0 Å². The molecule has 0 aromatic heterocycles. The van der Waals surface area contributed by atoms with Gasteiger partial charge in [0.25, 0.3) is 9.04 Å². The van der Waals surface area contributed by atoms with Crippen molar-refractivity contribution in [3.63, 3.8) is 0 Å². The second-order valence-corrected chi connectivity index (χ2v) is 20.0. The van der Waals surface area contributed by atoms with Crippen LogP contribution in [0.25, 0.3) is 22.3 Å². The largest absolute Gasteiger partial charge is 0.475 e. The Morgan fingerprint density at radius 3 is 1.47 bits per heavy atom. The first-order valence-corrected chi connectivity index (χ1v) is 23.3. The molecule has 0 fully saturated rings. The van der Waals surface area contributed by atoms with E-state index in [2.05, 4.69) is 149 Å². The Kier molecular flexibility index (Phi) is 12.2. The van der Waals surface area contributed by atoms with Crippen molar-refractivity contribution in [2.75, 3.05) is 26.4 Å². The van der Waals surface area contributed by atoms with Crippen molar-refractivity contribution in [2.24, 2.45) is 0 Å². The average molecular weight is 804 g/mol. The van der Waals surface area contributed by atoms with Gasteiger partial charge in [0.1, 0.15) is 0 Å². The highest BCUT2D eigenvalue weighted by Gasteiger charge is 2.36. The standard InChI is InChI=1S/C51H52O5PSi/c1-5-17-37(34-56-58(39-18-7-6-8-19-39)40-30-28-38(29-31-40)51(2,3)4)32-33-53-57(52,54-35-49-45-24-13-9-20-41(45)42-21-10-14-25-46(42)49)55-36-50-47-26-15-11-22-43(47)44-23-12-16-27-48(44)50/h6-16,18-32,49-50H,5,17,33-36H2,1-4H3/b37-32+. The third-order valence-corrected chi connectivity index (χ3v) is 14.9. The van der Waals surface area contributed by atoms with Gasteiger partial charge in [0.15, 0.2) is 0 Å². The van der Waals surface area contributed by atoms with Crippen LogP contribution in [0.2, 0.25) is 0 Å². The topological polar surface area (TPSA) is 54.0 Å². The molecule has 0 spiro atoms. The van der Waals surface area contributed by atoms with E-state index in [1.807, 2.05) is 36.4 Å². The van der Waals surface area contributed by atoms with E-state index in [0.717, 1.165) is 40.7 Å². The van der Waals surface area contributed by atoms with Gasteiger partial charge in [0.2, 0.25) is 0 Å². The van der Waals surface area contributed by atoms with E-state index in [1.165, 1.54) is 38.2 Å². The second-order valence-electron chi connectivity index (χ2n) is 16.2. The highest BCUT2D eigenvalue weighted by Crippen LogP contribution is 2.55. The van der Waals surface area contributed by atoms with E-state index < -0.39 is 16.9 Å². The quantitative estimate of drug-likeness (QED) is 0.0554. The maximum absolute atomic E-state index is 14.9. The number of phosphoric ester groups is 1. The zero-order chi connectivity index (χ0) is 40.1. The van der Waals surface area contributed by atoms with Crippen LogP contribution in [0.15, 0.2) is 163 Å². The van der Waals surface area contributed by atoms with Crippen molar-refractivity contribution >= 4 is 27.2 Å². The summed E-state index contributed by atoms with van der Waals surface area (Å²) in [6.07, 6.45) is 3.78. The molecule has 1 radical (unpaired) electrons. The van der Waals surface area contributed by atoms with Gasteiger partial charge < -0.3 is 4.43 Å². The molecule has 5 nitrogen and oxygen atoms in total. The van der Waals surface area contributed by atoms with Crippen LogP contribution >= 0.6 is 7.82 Å². The molecule has 2 aliphatic rings. The fourth-order valence-corrected chi connectivity index (χ4v) is 11.4. The number of phosphoric acid groups is 1. The van der Waals surface area contributed by atoms with Crippen LogP contribution in [-0.4, -0.2) is 35.5 Å². The molecule has 0 unspecified atom stereocenters. The minimum atomic E-state index is -4.08. The van der Waals surface area contributed by atoms with Crippen LogP contribution in [0.4, 0.5) is 0 Å². The number of benzene rings is 6. The van der Waals surface area contributed by atoms with Crippen LogP contribution in [0.3, 0.4) is 0 Å². The molecule has 0 saturated carbocycles. The predicted octanol–water partition coefficient (Wildman–Crippen LogP) is 11.6. The first-order chi connectivity index (χ1) is 28.2. The van der Waals surface area contributed by atoms with Crippen molar-refractivity contribution in [3.05, 3.63) is 191 Å². The second kappa shape index (κ2) is 17.7. The molecular formula is C51H52O5PSi. The fourth-order valence-electron chi connectivity index (χ4n) is 8.33. The van der Waals surface area contributed by atoms with E-state index in [9.17, 15) is 4.57 Å². The Morgan fingerprint density at radius 1 is 0.586 bits per heavy atom. The monoisotopic (exact) mass is 803 g/mol. The lowest BCUT2D eigenvalue weighted by molar-refractivity contribution is 0.116. The summed E-state index contributed by atoms with van der Waals surface area (Å²) in [5.74, 6) is -0.201. The van der Waals surface area contributed by atoms with Gasteiger partial charge >= 0.3 is 7.82 Å². The molecule has 295 valence electrons. The van der Waals surface area contributed by atoms with E-state index in [1.54, 1.807) is 0 Å². The van der Waals surface area contributed by atoms with Crippen molar-refractivity contribution in [3.8, 4) is 22.3 Å². The molecule has 58 heavy (non-hydrogen) atoms. The molecule has 6 aromatic carbocycles. The van der Waals surface area contributed by atoms with Gasteiger partial charge in [-0.1, -0.05) is 192 Å². The van der Waals surface area contributed by atoms with Gasteiger partial charge in [-0.25, -0.2) is 4.57 Å². The molecule has 0 amide bonds. The Bertz CT molecular complexity index is 2220. The van der Waals surface area contributed by atoms with E-state index in [-0.39, 0.29) is 37.1 Å². The lowest BCUT2D eigenvalue weighted by atomic mass is 9.87. The first-order valence-electron chi connectivity index (χ1n) is 20.5. The van der Waals surface area contributed by atoms with Gasteiger partial charge in [-0.2, -0.15) is 0 Å². The summed E-state index contributed by atoms with van der Waals surface area (Å²) in [4.78, 5) is 0. The summed E-state index contributed by atoms with van der Waals surface area (Å²) in [5.41, 5.74) is 11.8. The van der Waals surface area contributed by atoms with Gasteiger partial charge in [0, 0.05) is 11.8 Å². The van der Waals surface area contributed by atoms with Crippen LogP contribution in [0.5, 0.6) is 0 Å². The summed E-state index contributed by atoms with van der Waals surface area (Å²) in [7, 11) is -5.62. The molecule has 0 atom stereocenters. The molecule has 6 aromatic rings. The number of hydrogen-bond donors (Lipinski definition) is 0. The number of fused-ring (bicyclic) bond motifs is 6. The third kappa shape index (κ3) is 8.70. The van der Waals surface area contributed by atoms with Crippen molar-refractivity contribution in [2.45, 2.75) is 57.8 Å². The molecule has 7 heteroatoms. The van der Waals surface area contributed by atoms with Gasteiger partial charge in [-0.15, -0.1) is 0 Å². The lowest BCUT2D eigenvalue weighted by Crippen LogP contribution is -2.45. The normalized spacial score (nSPS) is 14.1. The molecule has 0 bridgehead atoms. The Morgan fingerprint density at radius 2 is 1.02 bits per heavy atom. The third-order valence-electron chi connectivity index (χ3n) is 11.4. The minimum absolute atomic E-state index is 0.0688. The van der Waals surface area contributed by atoms with Crippen molar-refractivity contribution in [1.82, 2.24) is 0 Å². The number of rotatable bonds is 16.